The highest BCUT2D eigenvalue weighted by Crippen LogP contribution is 2.21. The lowest BCUT2D eigenvalue weighted by molar-refractivity contribution is -0.137. The van der Waals surface area contributed by atoms with Crippen LogP contribution in [0.15, 0.2) is 42.5 Å². The van der Waals surface area contributed by atoms with Crippen molar-refractivity contribution in [2.24, 2.45) is 5.92 Å². The van der Waals surface area contributed by atoms with Crippen LogP contribution in [0.25, 0.3) is 0 Å². The average molecular weight is 430 g/mol. The third-order valence-corrected chi connectivity index (χ3v) is 6.12. The minimum atomic E-state index is -0.769. The maximum atomic E-state index is 12.2. The highest BCUT2D eigenvalue weighted by molar-refractivity contribution is 7.99. The smallest absolute Gasteiger partial charge is 0.303 e. The number of carbonyl (C=O) groups is 2. The Hall–Kier alpha value is -2.23. The van der Waals surface area contributed by atoms with E-state index in [0.717, 1.165) is 23.5 Å². The highest BCUT2D eigenvalue weighted by Gasteiger charge is 2.28. The van der Waals surface area contributed by atoms with Gasteiger partial charge in [-0.25, -0.2) is 0 Å². The molecule has 1 aromatic rings. The number of aliphatic carboxylic acids is 1. The van der Waals surface area contributed by atoms with Gasteiger partial charge >= 0.3 is 5.97 Å². The van der Waals surface area contributed by atoms with E-state index in [1.165, 1.54) is 0 Å². The first-order chi connectivity index (χ1) is 14.5. The molecule has 2 rings (SSSR count). The summed E-state index contributed by atoms with van der Waals surface area (Å²) in [5, 5.41) is 19.1. The van der Waals surface area contributed by atoms with Crippen LogP contribution in [-0.4, -0.2) is 57.2 Å². The number of aliphatic hydroxyl groups excluding tert-OH is 1. The SMILES string of the molecule is C[C@@H](CC#Cc1ccccc1)[C@@H](O)C=C[C@H]1CCC(=O)N1CCSCCCC(=O)O. The van der Waals surface area contributed by atoms with Crippen LogP contribution in [-0.2, 0) is 9.59 Å². The molecule has 0 bridgehead atoms. The number of aliphatic hydroxyl groups is 1. The van der Waals surface area contributed by atoms with Crippen molar-refractivity contribution in [3.05, 3.63) is 48.0 Å². The van der Waals surface area contributed by atoms with Gasteiger partial charge in [0, 0.05) is 37.1 Å². The zero-order valence-corrected chi connectivity index (χ0v) is 18.3. The molecule has 5 nitrogen and oxygen atoms in total. The number of nitrogens with zero attached hydrogens (tertiary/aromatic N) is 1. The van der Waals surface area contributed by atoms with Gasteiger partial charge < -0.3 is 15.1 Å². The van der Waals surface area contributed by atoms with Crippen molar-refractivity contribution in [3.63, 3.8) is 0 Å². The van der Waals surface area contributed by atoms with Crippen LogP contribution >= 0.6 is 11.8 Å². The second-order valence-corrected chi connectivity index (χ2v) is 8.75. The van der Waals surface area contributed by atoms with Crippen molar-refractivity contribution in [2.75, 3.05) is 18.1 Å². The number of likely N-dealkylation sites (tertiary alicyclic amines) is 1. The van der Waals surface area contributed by atoms with Crippen molar-refractivity contribution in [1.82, 2.24) is 4.90 Å². The lowest BCUT2D eigenvalue weighted by Crippen LogP contribution is -2.34. The van der Waals surface area contributed by atoms with Crippen LogP contribution in [0, 0.1) is 17.8 Å². The van der Waals surface area contributed by atoms with E-state index in [0.29, 0.717) is 25.8 Å². The summed E-state index contributed by atoms with van der Waals surface area (Å²) in [5.41, 5.74) is 0.968. The molecule has 30 heavy (non-hydrogen) atoms. The molecule has 1 amide bonds. The summed E-state index contributed by atoms with van der Waals surface area (Å²) in [6.45, 7) is 2.62. The lowest BCUT2D eigenvalue weighted by atomic mass is 9.99. The number of carbonyl (C=O) groups excluding carboxylic acids is 1. The zero-order chi connectivity index (χ0) is 21.8. The standard InChI is InChI=1S/C24H31NO4S/c1-19(7-5-10-20-8-3-2-4-9-20)22(26)14-12-21-13-15-23(27)25(21)16-18-30-17-6-11-24(28)29/h2-4,8-9,12,14,19,21-22,26H,6-7,11,13,15-18H2,1H3,(H,28,29)/t19-,21-,22-/m0/s1. The molecule has 162 valence electrons. The normalized spacial score (nSPS) is 18.3. The van der Waals surface area contributed by atoms with E-state index in [9.17, 15) is 14.7 Å². The van der Waals surface area contributed by atoms with Crippen LogP contribution in [0.4, 0.5) is 0 Å². The van der Waals surface area contributed by atoms with E-state index >= 15 is 0 Å². The summed E-state index contributed by atoms with van der Waals surface area (Å²) in [7, 11) is 0. The summed E-state index contributed by atoms with van der Waals surface area (Å²) in [6.07, 6.45) is 5.89. The van der Waals surface area contributed by atoms with Crippen molar-refractivity contribution >= 4 is 23.6 Å². The van der Waals surface area contributed by atoms with Crippen molar-refractivity contribution < 1.29 is 19.8 Å². The fourth-order valence-corrected chi connectivity index (χ4v) is 4.10. The fraction of sp³-hybridized carbons (Fsp3) is 0.500. The second-order valence-electron chi connectivity index (χ2n) is 7.53. The van der Waals surface area contributed by atoms with E-state index in [2.05, 4.69) is 11.8 Å². The van der Waals surface area contributed by atoms with Gasteiger partial charge in [0.2, 0.25) is 5.91 Å². The number of hydrogen-bond donors (Lipinski definition) is 2. The van der Waals surface area contributed by atoms with Crippen molar-refractivity contribution in [2.45, 2.75) is 51.2 Å². The van der Waals surface area contributed by atoms with Crippen LogP contribution in [0.1, 0.15) is 44.6 Å². The molecule has 0 radical (unpaired) electrons. The number of amides is 1. The first-order valence-electron chi connectivity index (χ1n) is 10.5. The molecule has 1 fully saturated rings. The Morgan fingerprint density at radius 1 is 1.33 bits per heavy atom. The van der Waals surface area contributed by atoms with Gasteiger partial charge in [-0.1, -0.05) is 49.1 Å². The van der Waals surface area contributed by atoms with Gasteiger partial charge in [-0.2, -0.15) is 11.8 Å². The summed E-state index contributed by atoms with van der Waals surface area (Å²) >= 11 is 1.68. The maximum absolute atomic E-state index is 12.2. The minimum absolute atomic E-state index is 0.00723. The predicted octanol–water partition coefficient (Wildman–Crippen LogP) is 3.57. The molecule has 0 unspecified atom stereocenters. The number of carboxylic acid groups (broad SMARTS) is 1. The first kappa shape index (κ1) is 24.0. The number of hydrogen-bond acceptors (Lipinski definition) is 4. The monoisotopic (exact) mass is 429 g/mol. The van der Waals surface area contributed by atoms with Crippen LogP contribution < -0.4 is 0 Å². The van der Waals surface area contributed by atoms with Crippen LogP contribution in [0.5, 0.6) is 0 Å². The lowest BCUT2D eigenvalue weighted by Gasteiger charge is -2.23. The van der Waals surface area contributed by atoms with Gasteiger partial charge in [0.15, 0.2) is 0 Å². The molecular weight excluding hydrogens is 398 g/mol. The van der Waals surface area contributed by atoms with Crippen LogP contribution in [0.3, 0.4) is 0 Å². The number of benzene rings is 1. The van der Waals surface area contributed by atoms with E-state index < -0.39 is 12.1 Å². The topological polar surface area (TPSA) is 77.8 Å². The van der Waals surface area contributed by atoms with Gasteiger partial charge in [0.1, 0.15) is 0 Å². The van der Waals surface area contributed by atoms with Crippen LogP contribution in [0.2, 0.25) is 0 Å². The third kappa shape index (κ3) is 8.64. The minimum Gasteiger partial charge on any atom is -0.481 e. The Kier molecular flexibility index (Phi) is 10.5. The van der Waals surface area contributed by atoms with E-state index in [-0.39, 0.29) is 24.3 Å². The molecule has 1 heterocycles. The first-order valence-corrected chi connectivity index (χ1v) is 11.6. The van der Waals surface area contributed by atoms with Crippen molar-refractivity contribution in [3.8, 4) is 11.8 Å². The second kappa shape index (κ2) is 13.1. The third-order valence-electron chi connectivity index (χ3n) is 5.07. The molecule has 1 aliphatic heterocycles. The molecule has 0 spiro atoms. The quantitative estimate of drug-likeness (QED) is 0.319. The molecule has 0 aromatic heterocycles. The van der Waals surface area contributed by atoms with E-state index in [1.54, 1.807) is 17.8 Å². The largest absolute Gasteiger partial charge is 0.481 e. The molecule has 0 aliphatic carbocycles. The fourth-order valence-electron chi connectivity index (χ4n) is 3.22. The van der Waals surface area contributed by atoms with Gasteiger partial charge in [-0.15, -0.1) is 0 Å². The highest BCUT2D eigenvalue weighted by atomic mass is 32.2. The molecule has 3 atom stereocenters. The summed E-state index contributed by atoms with van der Waals surface area (Å²) < 4.78 is 0. The summed E-state index contributed by atoms with van der Waals surface area (Å²) in [6, 6.07) is 9.81. The predicted molar refractivity (Wildman–Crippen MR) is 121 cm³/mol. The Bertz CT molecular complexity index is 768. The van der Waals surface area contributed by atoms with Crippen molar-refractivity contribution in [1.29, 1.82) is 0 Å². The van der Waals surface area contributed by atoms with Gasteiger partial charge in [-0.05, 0) is 36.6 Å². The molecule has 0 saturated carbocycles. The Balaban J connectivity index is 1.76. The average Bonchev–Trinajstić information content (AvgIpc) is 3.08. The Morgan fingerprint density at radius 2 is 2.10 bits per heavy atom. The molecule has 2 N–H and O–H groups in total. The molecular formula is C24H31NO4S. The molecule has 1 aromatic carbocycles. The number of thioether (sulfide) groups is 1. The molecule has 1 aliphatic rings. The maximum Gasteiger partial charge on any atom is 0.303 e. The summed E-state index contributed by atoms with van der Waals surface area (Å²) in [4.78, 5) is 24.6. The zero-order valence-electron chi connectivity index (χ0n) is 17.5. The van der Waals surface area contributed by atoms with Gasteiger partial charge in [0.25, 0.3) is 0 Å². The Labute approximate surface area is 183 Å². The number of rotatable bonds is 11. The summed E-state index contributed by atoms with van der Waals surface area (Å²) in [5.74, 6) is 7.21. The van der Waals surface area contributed by atoms with E-state index in [4.69, 9.17) is 5.11 Å². The number of carboxylic acids is 1. The molecule has 6 heteroatoms. The molecule has 1 saturated heterocycles. The Morgan fingerprint density at radius 3 is 2.83 bits per heavy atom. The van der Waals surface area contributed by atoms with E-state index in [1.807, 2.05) is 48.2 Å². The van der Waals surface area contributed by atoms with Gasteiger partial charge in [0.05, 0.1) is 12.1 Å². The van der Waals surface area contributed by atoms with Gasteiger partial charge in [-0.3, -0.25) is 9.59 Å².